The van der Waals surface area contributed by atoms with Crippen LogP contribution in [-0.2, 0) is 11.3 Å². The molecule has 1 saturated heterocycles. The fraction of sp³-hybridized carbons (Fsp3) is 0.333. The largest absolute Gasteiger partial charge is 0.376 e. The molecule has 5 heteroatoms. The Bertz CT molecular complexity index is 613. The Balaban J connectivity index is 1.69. The summed E-state index contributed by atoms with van der Waals surface area (Å²) < 4.78 is 5.68. The highest BCUT2D eigenvalue weighted by Gasteiger charge is 2.23. The topological polar surface area (TPSA) is 54.5 Å². The lowest BCUT2D eigenvalue weighted by Gasteiger charge is -2.25. The van der Waals surface area contributed by atoms with Crippen LogP contribution in [-0.4, -0.2) is 35.2 Å². The summed E-state index contributed by atoms with van der Waals surface area (Å²) in [4.78, 5) is 18.6. The summed E-state index contributed by atoms with van der Waals surface area (Å²) in [6.07, 6.45) is 5.71. The zero-order valence-electron chi connectivity index (χ0n) is 13.0. The van der Waals surface area contributed by atoms with Crippen molar-refractivity contribution in [1.29, 1.82) is 0 Å². The summed E-state index contributed by atoms with van der Waals surface area (Å²) in [7, 11) is 0. The summed E-state index contributed by atoms with van der Waals surface area (Å²) >= 11 is 0. The third kappa shape index (κ3) is 4.53. The second kappa shape index (κ2) is 7.74. The zero-order valence-corrected chi connectivity index (χ0v) is 13.0. The van der Waals surface area contributed by atoms with Crippen LogP contribution in [0.25, 0.3) is 0 Å². The summed E-state index contributed by atoms with van der Waals surface area (Å²) in [6.45, 7) is 1.89. The van der Waals surface area contributed by atoms with E-state index in [-0.39, 0.29) is 12.1 Å². The number of ether oxygens (including phenoxy) is 1. The van der Waals surface area contributed by atoms with Crippen LogP contribution in [0.1, 0.15) is 18.4 Å². The van der Waals surface area contributed by atoms with Crippen molar-refractivity contribution in [1.82, 2.24) is 9.88 Å². The van der Waals surface area contributed by atoms with E-state index in [0.717, 1.165) is 30.7 Å². The molecule has 2 aromatic rings. The molecule has 0 spiro atoms. The minimum absolute atomic E-state index is 0.115. The molecular formula is C18H21N3O2. The van der Waals surface area contributed by atoms with Crippen molar-refractivity contribution < 1.29 is 9.53 Å². The van der Waals surface area contributed by atoms with Crippen LogP contribution >= 0.6 is 0 Å². The maximum absolute atomic E-state index is 12.6. The van der Waals surface area contributed by atoms with Gasteiger partial charge in [0.15, 0.2) is 0 Å². The van der Waals surface area contributed by atoms with Crippen LogP contribution in [0.2, 0.25) is 0 Å². The molecule has 1 atom stereocenters. The van der Waals surface area contributed by atoms with Gasteiger partial charge in [0, 0.05) is 37.8 Å². The van der Waals surface area contributed by atoms with E-state index < -0.39 is 0 Å². The number of urea groups is 1. The molecule has 0 aliphatic carbocycles. The monoisotopic (exact) mass is 311 g/mol. The molecule has 1 N–H and O–H groups in total. The van der Waals surface area contributed by atoms with Crippen LogP contribution < -0.4 is 5.32 Å². The first-order valence-corrected chi connectivity index (χ1v) is 7.93. The standard InChI is InChI=1S/C18H21N3O2/c22-18(20-16-7-2-1-3-8-16)21(14-17-9-5-11-23-17)13-15-6-4-10-19-12-15/h1-4,6-8,10,12,17H,5,9,11,13-14H2,(H,20,22)/t17-/m1/s1. The van der Waals surface area contributed by atoms with Gasteiger partial charge in [0.2, 0.25) is 0 Å². The molecule has 0 saturated carbocycles. The molecule has 1 aliphatic heterocycles. The van der Waals surface area contributed by atoms with Crippen molar-refractivity contribution in [2.24, 2.45) is 0 Å². The number of anilines is 1. The average molecular weight is 311 g/mol. The number of pyridine rings is 1. The van der Waals surface area contributed by atoms with E-state index in [1.807, 2.05) is 42.5 Å². The van der Waals surface area contributed by atoms with Gasteiger partial charge >= 0.3 is 6.03 Å². The van der Waals surface area contributed by atoms with Gasteiger partial charge in [-0.3, -0.25) is 4.98 Å². The highest BCUT2D eigenvalue weighted by molar-refractivity contribution is 5.89. The Morgan fingerprint density at radius 1 is 1.26 bits per heavy atom. The lowest BCUT2D eigenvalue weighted by Crippen LogP contribution is -2.39. The Hall–Kier alpha value is -2.40. The predicted molar refractivity (Wildman–Crippen MR) is 89.1 cm³/mol. The van der Waals surface area contributed by atoms with E-state index >= 15 is 0 Å². The quantitative estimate of drug-likeness (QED) is 0.922. The van der Waals surface area contributed by atoms with Crippen molar-refractivity contribution in [3.05, 3.63) is 60.4 Å². The van der Waals surface area contributed by atoms with Crippen molar-refractivity contribution in [2.75, 3.05) is 18.5 Å². The van der Waals surface area contributed by atoms with Gasteiger partial charge < -0.3 is 15.0 Å². The van der Waals surface area contributed by atoms with E-state index in [1.165, 1.54) is 0 Å². The molecule has 3 rings (SSSR count). The highest BCUT2D eigenvalue weighted by atomic mass is 16.5. The summed E-state index contributed by atoms with van der Waals surface area (Å²) in [5, 5.41) is 2.95. The molecule has 1 aromatic heterocycles. The van der Waals surface area contributed by atoms with Gasteiger partial charge in [0.1, 0.15) is 0 Å². The number of benzene rings is 1. The first-order chi connectivity index (χ1) is 11.3. The number of hydrogen-bond donors (Lipinski definition) is 1. The first kappa shape index (κ1) is 15.5. The van der Waals surface area contributed by atoms with Crippen LogP contribution in [0, 0.1) is 0 Å². The first-order valence-electron chi connectivity index (χ1n) is 7.93. The lowest BCUT2D eigenvalue weighted by molar-refractivity contribution is 0.0819. The van der Waals surface area contributed by atoms with E-state index in [0.29, 0.717) is 13.1 Å². The van der Waals surface area contributed by atoms with Crippen LogP contribution in [0.3, 0.4) is 0 Å². The number of aromatic nitrogens is 1. The number of rotatable bonds is 5. The van der Waals surface area contributed by atoms with Crippen molar-refractivity contribution >= 4 is 11.7 Å². The molecule has 0 unspecified atom stereocenters. The minimum atomic E-state index is -0.115. The maximum atomic E-state index is 12.6. The van der Waals surface area contributed by atoms with E-state index in [4.69, 9.17) is 4.74 Å². The molecule has 23 heavy (non-hydrogen) atoms. The molecule has 5 nitrogen and oxygen atoms in total. The number of nitrogens with zero attached hydrogens (tertiary/aromatic N) is 2. The number of hydrogen-bond acceptors (Lipinski definition) is 3. The van der Waals surface area contributed by atoms with Gasteiger partial charge in [-0.15, -0.1) is 0 Å². The van der Waals surface area contributed by atoms with Crippen LogP contribution in [0.5, 0.6) is 0 Å². The second-order valence-corrected chi connectivity index (χ2v) is 5.67. The molecule has 1 aliphatic rings. The van der Waals surface area contributed by atoms with Crippen molar-refractivity contribution in [2.45, 2.75) is 25.5 Å². The van der Waals surface area contributed by atoms with Crippen LogP contribution in [0.4, 0.5) is 10.5 Å². The molecule has 2 heterocycles. The third-order valence-corrected chi connectivity index (χ3v) is 3.86. The Morgan fingerprint density at radius 3 is 2.83 bits per heavy atom. The molecule has 120 valence electrons. The summed E-state index contributed by atoms with van der Waals surface area (Å²) in [5.41, 5.74) is 1.80. The average Bonchev–Trinajstić information content (AvgIpc) is 3.09. The van der Waals surface area contributed by atoms with E-state index in [1.54, 1.807) is 17.3 Å². The van der Waals surface area contributed by atoms with Crippen LogP contribution in [0.15, 0.2) is 54.9 Å². The Morgan fingerprint density at radius 2 is 2.13 bits per heavy atom. The number of para-hydroxylation sites is 1. The SMILES string of the molecule is O=C(Nc1ccccc1)N(Cc1cccnc1)C[C@H]1CCCO1. The number of amides is 2. The molecule has 0 radical (unpaired) electrons. The van der Waals surface area contributed by atoms with Crippen molar-refractivity contribution in [3.63, 3.8) is 0 Å². The minimum Gasteiger partial charge on any atom is -0.376 e. The highest BCUT2D eigenvalue weighted by Crippen LogP contribution is 2.16. The Labute approximate surface area is 136 Å². The number of nitrogens with one attached hydrogen (secondary N) is 1. The lowest BCUT2D eigenvalue weighted by atomic mass is 10.2. The summed E-state index contributed by atoms with van der Waals surface area (Å²) in [5.74, 6) is 0. The molecule has 1 aromatic carbocycles. The van der Waals surface area contributed by atoms with Gasteiger partial charge in [0.05, 0.1) is 6.10 Å². The van der Waals surface area contributed by atoms with Gasteiger partial charge in [0.25, 0.3) is 0 Å². The van der Waals surface area contributed by atoms with E-state index in [9.17, 15) is 4.79 Å². The molecule has 2 amide bonds. The Kier molecular flexibility index (Phi) is 5.21. The zero-order chi connectivity index (χ0) is 15.9. The van der Waals surface area contributed by atoms with Gasteiger partial charge in [-0.05, 0) is 36.6 Å². The van der Waals surface area contributed by atoms with Gasteiger partial charge in [-0.1, -0.05) is 24.3 Å². The smallest absolute Gasteiger partial charge is 0.322 e. The summed E-state index contributed by atoms with van der Waals surface area (Å²) in [6, 6.07) is 13.2. The number of carbonyl (C=O) groups excluding carboxylic acids is 1. The second-order valence-electron chi connectivity index (χ2n) is 5.67. The molecule has 0 bridgehead atoms. The van der Waals surface area contributed by atoms with E-state index in [2.05, 4.69) is 10.3 Å². The van der Waals surface area contributed by atoms with Crippen molar-refractivity contribution in [3.8, 4) is 0 Å². The normalized spacial score (nSPS) is 17.0. The third-order valence-electron chi connectivity index (χ3n) is 3.86. The number of carbonyl (C=O) groups is 1. The molecule has 1 fully saturated rings. The van der Waals surface area contributed by atoms with Gasteiger partial charge in [-0.2, -0.15) is 0 Å². The fourth-order valence-corrected chi connectivity index (χ4v) is 2.69. The fourth-order valence-electron chi connectivity index (χ4n) is 2.69. The van der Waals surface area contributed by atoms with Gasteiger partial charge in [-0.25, -0.2) is 4.79 Å². The molecular weight excluding hydrogens is 290 g/mol. The maximum Gasteiger partial charge on any atom is 0.322 e. The predicted octanol–water partition coefficient (Wildman–Crippen LogP) is 3.29.